The van der Waals surface area contributed by atoms with Gasteiger partial charge in [0.1, 0.15) is 12.8 Å². The first-order valence-electron chi connectivity index (χ1n) is 9.50. The van der Waals surface area contributed by atoms with Crippen LogP contribution in [0.4, 0.5) is 14.6 Å². The molecule has 0 bridgehead atoms. The number of halogens is 3. The number of ether oxygens (including phenoxy) is 1. The van der Waals surface area contributed by atoms with Crippen LogP contribution in [-0.4, -0.2) is 70.1 Å². The van der Waals surface area contributed by atoms with Crippen LogP contribution in [-0.2, 0) is 0 Å². The number of rotatable bonds is 4. The zero-order valence-corrected chi connectivity index (χ0v) is 16.2. The molecule has 0 aromatic carbocycles. The van der Waals surface area contributed by atoms with Gasteiger partial charge >= 0.3 is 0 Å². The number of anilines is 1. The number of fused-ring (bicyclic) bond motifs is 1. The molecule has 1 aromatic heterocycles. The number of aromatic nitrogens is 2. The molecule has 0 spiro atoms. The molecule has 9 heteroatoms. The number of nitrogens with zero attached hydrogens (tertiary/aromatic N) is 4. The van der Waals surface area contributed by atoms with E-state index in [1.54, 1.807) is 11.8 Å². The summed E-state index contributed by atoms with van der Waals surface area (Å²) < 4.78 is 34.7. The lowest BCUT2D eigenvalue weighted by Gasteiger charge is -2.37. The van der Waals surface area contributed by atoms with Crippen LogP contribution in [0, 0.1) is 5.82 Å². The summed E-state index contributed by atoms with van der Waals surface area (Å²) in [6.45, 7) is 3.97. The van der Waals surface area contributed by atoms with E-state index in [4.69, 9.17) is 16.3 Å². The molecule has 3 aliphatic rings. The second kappa shape index (κ2) is 6.97. The van der Waals surface area contributed by atoms with Crippen molar-refractivity contribution in [3.63, 3.8) is 0 Å². The van der Waals surface area contributed by atoms with E-state index in [0.717, 1.165) is 25.8 Å². The van der Waals surface area contributed by atoms with Crippen LogP contribution in [0.5, 0.6) is 5.88 Å². The first kappa shape index (κ1) is 19.1. The third kappa shape index (κ3) is 3.71. The third-order valence-corrected chi connectivity index (χ3v) is 6.16. The van der Waals surface area contributed by atoms with Crippen molar-refractivity contribution in [2.24, 2.45) is 0 Å². The standard InChI is InChI=1S/C18H25ClF2N4O2/c1-17(26)4-2-6-24(10-17)14-13(21)15(23-16(19)22-14)27-11-18-5-3-7-25(18)9-12(20)8-18/h12,26H,2-11H2,1H3/t12-,17-,18+/m1/s1. The monoisotopic (exact) mass is 402 g/mol. The average Bonchev–Trinajstić information content (AvgIpc) is 3.10. The summed E-state index contributed by atoms with van der Waals surface area (Å²) in [5.74, 6) is -0.855. The summed E-state index contributed by atoms with van der Waals surface area (Å²) in [6, 6.07) is 0. The average molecular weight is 403 g/mol. The minimum absolute atomic E-state index is 0.0422. The van der Waals surface area contributed by atoms with Crippen molar-refractivity contribution in [3.8, 4) is 5.88 Å². The zero-order valence-electron chi connectivity index (χ0n) is 15.4. The van der Waals surface area contributed by atoms with Crippen molar-refractivity contribution in [1.29, 1.82) is 0 Å². The quantitative estimate of drug-likeness (QED) is 0.781. The van der Waals surface area contributed by atoms with Crippen LogP contribution in [0.1, 0.15) is 39.0 Å². The molecule has 6 nitrogen and oxygen atoms in total. The molecule has 3 fully saturated rings. The van der Waals surface area contributed by atoms with E-state index < -0.39 is 23.1 Å². The summed E-state index contributed by atoms with van der Waals surface area (Å²) in [7, 11) is 0. The summed E-state index contributed by atoms with van der Waals surface area (Å²) in [5, 5.41) is 10.2. The molecule has 0 unspecified atom stereocenters. The Labute approximate surface area is 162 Å². The largest absolute Gasteiger partial charge is 0.473 e. The Morgan fingerprint density at radius 1 is 1.30 bits per heavy atom. The van der Waals surface area contributed by atoms with Crippen molar-refractivity contribution in [2.45, 2.75) is 56.3 Å². The molecule has 0 radical (unpaired) electrons. The Bertz CT molecular complexity index is 723. The number of β-amino-alcohol motifs (C(OH)–C–C–N with tert-alkyl or cyclic N) is 1. The molecule has 3 atom stereocenters. The molecule has 4 rings (SSSR count). The summed E-state index contributed by atoms with van der Waals surface area (Å²) in [4.78, 5) is 11.7. The van der Waals surface area contributed by atoms with Crippen LogP contribution in [0.2, 0.25) is 5.28 Å². The number of hydrogen-bond donors (Lipinski definition) is 1. The van der Waals surface area contributed by atoms with Crippen molar-refractivity contribution >= 4 is 17.4 Å². The highest BCUT2D eigenvalue weighted by Crippen LogP contribution is 2.41. The van der Waals surface area contributed by atoms with Crippen LogP contribution in [0.25, 0.3) is 0 Å². The summed E-state index contributed by atoms with van der Waals surface area (Å²) >= 11 is 6.01. The number of hydrogen-bond acceptors (Lipinski definition) is 6. The molecule has 4 heterocycles. The molecule has 27 heavy (non-hydrogen) atoms. The number of piperidine rings is 1. The normalized spacial score (nSPS) is 34.1. The predicted octanol–water partition coefficient (Wildman–Crippen LogP) is 2.58. The smallest absolute Gasteiger partial charge is 0.257 e. The third-order valence-electron chi connectivity index (χ3n) is 5.99. The molecule has 150 valence electrons. The highest BCUT2D eigenvalue weighted by molar-refractivity contribution is 6.28. The fourth-order valence-electron chi connectivity index (χ4n) is 4.75. The Morgan fingerprint density at radius 3 is 2.85 bits per heavy atom. The Hall–Kier alpha value is -1.25. The molecule has 0 saturated carbocycles. The number of alkyl halides is 1. The van der Waals surface area contributed by atoms with Gasteiger partial charge in [-0.3, -0.25) is 4.90 Å². The van der Waals surface area contributed by atoms with E-state index in [2.05, 4.69) is 14.9 Å². The topological polar surface area (TPSA) is 61.7 Å². The van der Waals surface area contributed by atoms with Gasteiger partial charge < -0.3 is 14.7 Å². The minimum atomic E-state index is -0.910. The minimum Gasteiger partial charge on any atom is -0.473 e. The highest BCUT2D eigenvalue weighted by atomic mass is 35.5. The fraction of sp³-hybridized carbons (Fsp3) is 0.778. The molecule has 1 aromatic rings. The lowest BCUT2D eigenvalue weighted by molar-refractivity contribution is 0.0444. The van der Waals surface area contributed by atoms with Gasteiger partial charge in [0.05, 0.1) is 11.1 Å². The van der Waals surface area contributed by atoms with Gasteiger partial charge in [0, 0.05) is 26.1 Å². The van der Waals surface area contributed by atoms with Gasteiger partial charge in [-0.2, -0.15) is 14.4 Å². The van der Waals surface area contributed by atoms with E-state index in [0.29, 0.717) is 25.9 Å². The van der Waals surface area contributed by atoms with Crippen molar-refractivity contribution < 1.29 is 18.6 Å². The lowest BCUT2D eigenvalue weighted by Crippen LogP contribution is -2.47. The zero-order chi connectivity index (χ0) is 19.2. The van der Waals surface area contributed by atoms with Gasteiger partial charge in [-0.1, -0.05) is 0 Å². The van der Waals surface area contributed by atoms with Gasteiger partial charge in [0.25, 0.3) is 5.88 Å². The van der Waals surface area contributed by atoms with Gasteiger partial charge in [-0.15, -0.1) is 0 Å². The van der Waals surface area contributed by atoms with E-state index in [1.807, 2.05) is 0 Å². The molecular formula is C18H25ClF2N4O2. The van der Waals surface area contributed by atoms with Gasteiger partial charge in [-0.25, -0.2) is 4.39 Å². The molecular weight excluding hydrogens is 378 g/mol. The fourth-order valence-corrected chi connectivity index (χ4v) is 4.90. The predicted molar refractivity (Wildman–Crippen MR) is 97.6 cm³/mol. The molecule has 3 saturated heterocycles. The maximum Gasteiger partial charge on any atom is 0.257 e. The van der Waals surface area contributed by atoms with Crippen molar-refractivity contribution in [2.75, 3.05) is 37.7 Å². The highest BCUT2D eigenvalue weighted by Gasteiger charge is 2.49. The van der Waals surface area contributed by atoms with Crippen molar-refractivity contribution in [3.05, 3.63) is 11.1 Å². The van der Waals surface area contributed by atoms with Gasteiger partial charge in [0.15, 0.2) is 5.82 Å². The van der Waals surface area contributed by atoms with Crippen LogP contribution < -0.4 is 9.64 Å². The Balaban J connectivity index is 1.54. The first-order valence-corrected chi connectivity index (χ1v) is 9.88. The summed E-state index contributed by atoms with van der Waals surface area (Å²) in [6.07, 6.45) is 2.71. The van der Waals surface area contributed by atoms with E-state index in [1.165, 1.54) is 0 Å². The second-order valence-corrected chi connectivity index (χ2v) is 8.66. The van der Waals surface area contributed by atoms with Crippen molar-refractivity contribution in [1.82, 2.24) is 14.9 Å². The summed E-state index contributed by atoms with van der Waals surface area (Å²) in [5.41, 5.74) is -1.30. The van der Waals surface area contributed by atoms with Crippen LogP contribution >= 0.6 is 11.6 Å². The Kier molecular flexibility index (Phi) is 4.93. The van der Waals surface area contributed by atoms with Crippen LogP contribution in [0.15, 0.2) is 0 Å². The van der Waals surface area contributed by atoms with E-state index >= 15 is 4.39 Å². The maximum atomic E-state index is 15.1. The van der Waals surface area contributed by atoms with Gasteiger partial charge in [0.2, 0.25) is 11.1 Å². The maximum absolute atomic E-state index is 15.1. The van der Waals surface area contributed by atoms with E-state index in [9.17, 15) is 9.50 Å². The first-order chi connectivity index (χ1) is 12.8. The molecule has 0 amide bonds. The number of aliphatic hydroxyl groups is 1. The lowest BCUT2D eigenvalue weighted by atomic mass is 9.95. The SMILES string of the molecule is C[C@@]1(O)CCCN(c2nc(Cl)nc(OC[C@@]34CCCN3C[C@H](F)C4)c2F)C1. The van der Waals surface area contributed by atoms with Gasteiger partial charge in [-0.05, 0) is 50.8 Å². The van der Waals surface area contributed by atoms with Crippen LogP contribution in [0.3, 0.4) is 0 Å². The molecule has 1 N–H and O–H groups in total. The van der Waals surface area contributed by atoms with E-state index in [-0.39, 0.29) is 30.1 Å². The second-order valence-electron chi connectivity index (χ2n) is 8.32. The molecule has 3 aliphatic heterocycles. The molecule has 0 aliphatic carbocycles. The Morgan fingerprint density at radius 2 is 2.07 bits per heavy atom.